The molecule has 0 fully saturated rings. The van der Waals surface area contributed by atoms with Crippen molar-refractivity contribution < 1.29 is 0 Å². The van der Waals surface area contributed by atoms with Gasteiger partial charge < -0.3 is 14.5 Å². The van der Waals surface area contributed by atoms with Gasteiger partial charge in [-0.15, -0.1) is 0 Å². The average Bonchev–Trinajstić information content (AvgIpc) is 3.81. The lowest BCUT2D eigenvalue weighted by atomic mass is 10.0. The summed E-state index contributed by atoms with van der Waals surface area (Å²) in [5.41, 5.74) is 12.1. The van der Waals surface area contributed by atoms with Gasteiger partial charge in [-0.25, -0.2) is 0 Å². The highest BCUT2D eigenvalue weighted by molar-refractivity contribution is 8.00. The maximum absolute atomic E-state index is 3.70. The summed E-state index contributed by atoms with van der Waals surface area (Å²) in [6.07, 6.45) is 0. The molecule has 10 rings (SSSR count). The van der Waals surface area contributed by atoms with Crippen LogP contribution < -0.4 is 5.32 Å². The standard InChI is InChI=1S/C43H29N3S/c1-3-12-28(13-4-1)43-44-37-23-22-30(25-42(37)47-43)29-14-11-17-32(24-29)46-39-21-10-8-19-34(39)36-26-35-33-18-7-9-20-38(33)45(40(35)27-41(36)46)31-15-5-2-6-16-31/h1-27,43-44H. The first-order chi connectivity index (χ1) is 23.3. The number of para-hydroxylation sites is 3. The van der Waals surface area contributed by atoms with Gasteiger partial charge in [-0.2, -0.15) is 0 Å². The van der Waals surface area contributed by atoms with E-state index in [0.29, 0.717) is 0 Å². The minimum Gasteiger partial charge on any atom is -0.368 e. The van der Waals surface area contributed by atoms with Gasteiger partial charge in [0, 0.05) is 43.5 Å². The van der Waals surface area contributed by atoms with Crippen molar-refractivity contribution in [1.29, 1.82) is 0 Å². The summed E-state index contributed by atoms with van der Waals surface area (Å²) in [7, 11) is 0. The molecule has 1 aliphatic heterocycles. The predicted molar refractivity (Wildman–Crippen MR) is 199 cm³/mol. The number of benzene rings is 7. The van der Waals surface area contributed by atoms with E-state index in [1.807, 2.05) is 11.8 Å². The van der Waals surface area contributed by atoms with Crippen LogP contribution >= 0.6 is 11.8 Å². The molecule has 1 atom stereocenters. The first kappa shape index (κ1) is 26.5. The maximum atomic E-state index is 3.70. The Balaban J connectivity index is 1.15. The molecule has 4 heteroatoms. The number of hydrogen-bond donors (Lipinski definition) is 1. The largest absolute Gasteiger partial charge is 0.368 e. The van der Waals surface area contributed by atoms with E-state index in [1.54, 1.807) is 0 Å². The van der Waals surface area contributed by atoms with Crippen LogP contribution in [0.2, 0.25) is 0 Å². The van der Waals surface area contributed by atoms with E-state index < -0.39 is 0 Å². The van der Waals surface area contributed by atoms with Crippen LogP contribution in [0.4, 0.5) is 5.69 Å². The van der Waals surface area contributed by atoms with Crippen LogP contribution in [0, 0.1) is 0 Å². The fourth-order valence-electron chi connectivity index (χ4n) is 7.38. The second-order valence-electron chi connectivity index (χ2n) is 12.2. The minimum absolute atomic E-state index is 0.230. The fraction of sp³-hybridized carbons (Fsp3) is 0.0233. The zero-order valence-corrected chi connectivity index (χ0v) is 26.3. The first-order valence-electron chi connectivity index (χ1n) is 16.0. The molecular weight excluding hydrogens is 591 g/mol. The van der Waals surface area contributed by atoms with Gasteiger partial charge in [-0.05, 0) is 77.4 Å². The number of aromatic nitrogens is 2. The van der Waals surface area contributed by atoms with E-state index in [0.717, 1.165) is 5.69 Å². The molecule has 0 bridgehead atoms. The molecule has 2 aromatic heterocycles. The van der Waals surface area contributed by atoms with Crippen LogP contribution in [0.1, 0.15) is 10.9 Å². The SMILES string of the molecule is c1ccc(C2Nc3ccc(-c4cccc(-n5c6ccccc6c6cc7c8ccccc8n(-c8ccccc8)c7cc65)c4)cc3S2)cc1. The monoisotopic (exact) mass is 619 g/mol. The Labute approximate surface area is 276 Å². The van der Waals surface area contributed by atoms with Gasteiger partial charge >= 0.3 is 0 Å². The molecule has 0 spiro atoms. The lowest BCUT2D eigenvalue weighted by Crippen LogP contribution is -2.00. The van der Waals surface area contributed by atoms with E-state index in [4.69, 9.17) is 0 Å². The van der Waals surface area contributed by atoms with Gasteiger partial charge in [0.1, 0.15) is 5.37 Å². The summed E-state index contributed by atoms with van der Waals surface area (Å²) in [5, 5.41) is 9.00. The first-order valence-corrected chi connectivity index (χ1v) is 16.9. The number of thioether (sulfide) groups is 1. The summed E-state index contributed by atoms with van der Waals surface area (Å²) in [6.45, 7) is 0. The molecule has 9 aromatic rings. The van der Waals surface area contributed by atoms with Gasteiger partial charge in [0.05, 0.1) is 22.1 Å². The van der Waals surface area contributed by atoms with Crippen molar-refractivity contribution in [2.24, 2.45) is 0 Å². The third-order valence-electron chi connectivity index (χ3n) is 9.53. The molecule has 3 heterocycles. The van der Waals surface area contributed by atoms with Crippen LogP contribution in [0.5, 0.6) is 0 Å². The van der Waals surface area contributed by atoms with Crippen LogP contribution in [0.3, 0.4) is 0 Å². The fourth-order valence-corrected chi connectivity index (χ4v) is 8.57. The van der Waals surface area contributed by atoms with Crippen molar-refractivity contribution in [2.75, 3.05) is 5.32 Å². The van der Waals surface area contributed by atoms with E-state index >= 15 is 0 Å². The molecule has 1 N–H and O–H groups in total. The van der Waals surface area contributed by atoms with Gasteiger partial charge in [0.15, 0.2) is 0 Å². The summed E-state index contributed by atoms with van der Waals surface area (Å²) >= 11 is 1.89. The van der Waals surface area contributed by atoms with Crippen LogP contribution in [0.15, 0.2) is 169 Å². The Kier molecular flexibility index (Phi) is 5.87. The van der Waals surface area contributed by atoms with Gasteiger partial charge in [-0.3, -0.25) is 0 Å². The van der Waals surface area contributed by atoms with Crippen molar-refractivity contribution in [3.05, 3.63) is 169 Å². The highest BCUT2D eigenvalue weighted by Crippen LogP contribution is 2.48. The molecule has 0 saturated heterocycles. The van der Waals surface area contributed by atoms with Gasteiger partial charge in [-0.1, -0.05) is 115 Å². The van der Waals surface area contributed by atoms with Crippen molar-refractivity contribution in [2.45, 2.75) is 10.3 Å². The number of nitrogens with one attached hydrogen (secondary N) is 1. The number of hydrogen-bond acceptors (Lipinski definition) is 2. The number of rotatable bonds is 4. The normalized spacial score (nSPS) is 14.3. The summed E-state index contributed by atoms with van der Waals surface area (Å²) in [4.78, 5) is 1.29. The Hall–Kier alpha value is -5.71. The van der Waals surface area contributed by atoms with Crippen LogP contribution in [0.25, 0.3) is 66.1 Å². The van der Waals surface area contributed by atoms with Gasteiger partial charge in [0.25, 0.3) is 0 Å². The summed E-state index contributed by atoms with van der Waals surface area (Å²) < 4.78 is 4.84. The molecule has 7 aromatic carbocycles. The molecule has 1 unspecified atom stereocenters. The summed E-state index contributed by atoms with van der Waals surface area (Å²) in [6, 6.07) is 59.6. The van der Waals surface area contributed by atoms with Gasteiger partial charge in [0.2, 0.25) is 0 Å². The molecule has 3 nitrogen and oxygen atoms in total. The molecule has 1 aliphatic rings. The molecule has 0 saturated carbocycles. The maximum Gasteiger partial charge on any atom is 0.103 e. The van der Waals surface area contributed by atoms with Crippen molar-refractivity contribution in [1.82, 2.24) is 9.13 Å². The Morgan fingerprint density at radius 1 is 0.426 bits per heavy atom. The number of anilines is 1. The molecule has 0 radical (unpaired) electrons. The molecule has 47 heavy (non-hydrogen) atoms. The van der Waals surface area contributed by atoms with E-state index in [9.17, 15) is 0 Å². The second kappa shape index (κ2) is 10.4. The zero-order valence-electron chi connectivity index (χ0n) is 25.5. The molecular formula is C43H29N3S. The third kappa shape index (κ3) is 4.15. The molecule has 0 aliphatic carbocycles. The third-order valence-corrected chi connectivity index (χ3v) is 10.8. The number of nitrogens with zero attached hydrogens (tertiary/aromatic N) is 2. The Bertz CT molecular complexity index is 2630. The molecule has 0 amide bonds. The highest BCUT2D eigenvalue weighted by atomic mass is 32.2. The van der Waals surface area contributed by atoms with E-state index in [1.165, 1.54) is 76.6 Å². The average molecular weight is 620 g/mol. The Morgan fingerprint density at radius 3 is 1.74 bits per heavy atom. The summed E-state index contributed by atoms with van der Waals surface area (Å²) in [5.74, 6) is 0. The lowest BCUT2D eigenvalue weighted by Gasteiger charge is -2.12. The van der Waals surface area contributed by atoms with Crippen molar-refractivity contribution >= 4 is 61.1 Å². The second-order valence-corrected chi connectivity index (χ2v) is 13.4. The minimum atomic E-state index is 0.230. The number of fused-ring (bicyclic) bond motifs is 7. The lowest BCUT2D eigenvalue weighted by molar-refractivity contribution is 1.13. The van der Waals surface area contributed by atoms with E-state index in [2.05, 4.69) is 178 Å². The van der Waals surface area contributed by atoms with E-state index in [-0.39, 0.29) is 5.37 Å². The predicted octanol–water partition coefficient (Wildman–Crippen LogP) is 11.8. The van der Waals surface area contributed by atoms with Crippen LogP contribution in [-0.4, -0.2) is 9.13 Å². The quantitative estimate of drug-likeness (QED) is 0.212. The Morgan fingerprint density at radius 2 is 1.02 bits per heavy atom. The topological polar surface area (TPSA) is 21.9 Å². The smallest absolute Gasteiger partial charge is 0.103 e. The molecule has 222 valence electrons. The highest BCUT2D eigenvalue weighted by Gasteiger charge is 2.23. The zero-order chi connectivity index (χ0) is 30.9. The van der Waals surface area contributed by atoms with Crippen molar-refractivity contribution in [3.8, 4) is 22.5 Å². The van der Waals surface area contributed by atoms with Crippen molar-refractivity contribution in [3.63, 3.8) is 0 Å². The van der Waals surface area contributed by atoms with Crippen LogP contribution in [-0.2, 0) is 0 Å².